The minimum absolute atomic E-state index is 0.122. The number of nitrogens with zero attached hydrogens (tertiary/aromatic N) is 1. The Labute approximate surface area is 112 Å². The Morgan fingerprint density at radius 2 is 2.21 bits per heavy atom. The predicted octanol–water partition coefficient (Wildman–Crippen LogP) is 0.623. The molecule has 1 spiro atoms. The number of amides is 4. The summed E-state index contributed by atoms with van der Waals surface area (Å²) in [7, 11) is 0. The first-order valence-electron chi connectivity index (χ1n) is 6.92. The molecule has 2 fully saturated rings. The van der Waals surface area contributed by atoms with E-state index in [1.54, 1.807) is 6.92 Å². The largest absolute Gasteiger partial charge is 0.355 e. The highest BCUT2D eigenvalue weighted by Gasteiger charge is 2.55. The number of hydrogen-bond acceptors (Lipinski definition) is 3. The first-order valence-corrected chi connectivity index (χ1v) is 6.92. The lowest BCUT2D eigenvalue weighted by Crippen LogP contribution is -2.54. The van der Waals surface area contributed by atoms with E-state index >= 15 is 0 Å². The molecule has 2 aliphatic rings. The lowest BCUT2D eigenvalue weighted by atomic mass is 9.73. The molecule has 6 nitrogen and oxygen atoms in total. The molecule has 19 heavy (non-hydrogen) atoms. The molecule has 6 heteroatoms. The fraction of sp³-hybridized carbons (Fsp3) is 0.769. The summed E-state index contributed by atoms with van der Waals surface area (Å²) in [5, 5.41) is 5.43. The molecule has 1 saturated heterocycles. The molecule has 0 radical (unpaired) electrons. The monoisotopic (exact) mass is 267 g/mol. The number of imide groups is 1. The zero-order valence-corrected chi connectivity index (χ0v) is 11.5. The molecular weight excluding hydrogens is 246 g/mol. The van der Waals surface area contributed by atoms with Gasteiger partial charge in [-0.15, -0.1) is 0 Å². The molecule has 0 aromatic heterocycles. The van der Waals surface area contributed by atoms with Crippen LogP contribution in [-0.2, 0) is 9.59 Å². The summed E-state index contributed by atoms with van der Waals surface area (Å²) in [5.74, 6) is -0.417. The Morgan fingerprint density at radius 3 is 2.84 bits per heavy atom. The molecule has 4 amide bonds. The van der Waals surface area contributed by atoms with Gasteiger partial charge in [-0.3, -0.25) is 14.5 Å². The summed E-state index contributed by atoms with van der Waals surface area (Å²) < 4.78 is 0. The van der Waals surface area contributed by atoms with Crippen molar-refractivity contribution in [3.05, 3.63) is 0 Å². The Kier molecular flexibility index (Phi) is 3.78. The van der Waals surface area contributed by atoms with Gasteiger partial charge in [-0.1, -0.05) is 19.8 Å². The summed E-state index contributed by atoms with van der Waals surface area (Å²) in [6, 6.07) is -0.440. The van der Waals surface area contributed by atoms with Crippen molar-refractivity contribution in [1.29, 1.82) is 0 Å². The second-order valence-corrected chi connectivity index (χ2v) is 5.39. The van der Waals surface area contributed by atoms with E-state index in [0.717, 1.165) is 24.2 Å². The van der Waals surface area contributed by atoms with E-state index in [1.165, 1.54) is 0 Å². The van der Waals surface area contributed by atoms with Crippen LogP contribution < -0.4 is 10.6 Å². The summed E-state index contributed by atoms with van der Waals surface area (Å²) >= 11 is 0. The Morgan fingerprint density at radius 1 is 1.47 bits per heavy atom. The zero-order chi connectivity index (χ0) is 14.0. The van der Waals surface area contributed by atoms with Crippen molar-refractivity contribution in [2.45, 2.75) is 45.1 Å². The van der Waals surface area contributed by atoms with Crippen LogP contribution in [0.4, 0.5) is 4.79 Å². The van der Waals surface area contributed by atoms with Gasteiger partial charge in [0.05, 0.1) is 0 Å². The highest BCUT2D eigenvalue weighted by Crippen LogP contribution is 2.37. The van der Waals surface area contributed by atoms with Crippen molar-refractivity contribution in [3.63, 3.8) is 0 Å². The second kappa shape index (κ2) is 5.19. The summed E-state index contributed by atoms with van der Waals surface area (Å²) in [6.45, 7) is 4.10. The van der Waals surface area contributed by atoms with Gasteiger partial charge in [0.25, 0.3) is 5.91 Å². The van der Waals surface area contributed by atoms with Crippen LogP contribution >= 0.6 is 0 Å². The van der Waals surface area contributed by atoms with Gasteiger partial charge in [0.1, 0.15) is 12.1 Å². The van der Waals surface area contributed by atoms with Crippen LogP contribution in [0, 0.1) is 5.92 Å². The second-order valence-electron chi connectivity index (χ2n) is 5.39. The van der Waals surface area contributed by atoms with Crippen molar-refractivity contribution >= 4 is 17.8 Å². The van der Waals surface area contributed by atoms with E-state index in [9.17, 15) is 14.4 Å². The molecule has 0 unspecified atom stereocenters. The van der Waals surface area contributed by atoms with Gasteiger partial charge >= 0.3 is 6.03 Å². The third-order valence-corrected chi connectivity index (χ3v) is 4.18. The molecule has 0 aromatic carbocycles. The SMILES string of the molecule is CCNC(=O)CN1C(=O)N[C@]2(CCCC[C@@H]2C)C1=O. The maximum atomic E-state index is 12.5. The van der Waals surface area contributed by atoms with Gasteiger partial charge in [-0.05, 0) is 25.7 Å². The molecule has 0 bridgehead atoms. The Bertz CT molecular complexity index is 410. The Hall–Kier alpha value is -1.59. The van der Waals surface area contributed by atoms with Gasteiger partial charge in [-0.25, -0.2) is 4.79 Å². The fourth-order valence-corrected chi connectivity index (χ4v) is 3.04. The zero-order valence-electron chi connectivity index (χ0n) is 11.5. The third-order valence-electron chi connectivity index (χ3n) is 4.18. The average Bonchev–Trinajstić information content (AvgIpc) is 2.59. The van der Waals surface area contributed by atoms with E-state index < -0.39 is 11.6 Å². The standard InChI is InChI=1S/C13H21N3O3/c1-3-14-10(17)8-16-11(18)13(15-12(16)19)7-5-4-6-9(13)2/h9H,3-8H2,1-2H3,(H,14,17)(H,15,19)/t9-,13-/m0/s1. The minimum atomic E-state index is -0.776. The molecule has 1 aliphatic carbocycles. The molecule has 2 rings (SSSR count). The normalized spacial score (nSPS) is 30.6. The number of carbonyl (C=O) groups is 3. The van der Waals surface area contributed by atoms with Crippen LogP contribution in [0.15, 0.2) is 0 Å². The highest BCUT2D eigenvalue weighted by atomic mass is 16.2. The smallest absolute Gasteiger partial charge is 0.325 e. The van der Waals surface area contributed by atoms with Crippen LogP contribution in [0.3, 0.4) is 0 Å². The van der Waals surface area contributed by atoms with Crippen molar-refractivity contribution < 1.29 is 14.4 Å². The molecule has 2 N–H and O–H groups in total. The molecule has 2 atom stereocenters. The Balaban J connectivity index is 2.13. The number of nitrogens with one attached hydrogen (secondary N) is 2. The van der Waals surface area contributed by atoms with Crippen LogP contribution in [0.2, 0.25) is 0 Å². The maximum absolute atomic E-state index is 12.5. The first-order chi connectivity index (χ1) is 9.01. The molecule has 1 heterocycles. The predicted molar refractivity (Wildman–Crippen MR) is 69.3 cm³/mol. The van der Waals surface area contributed by atoms with E-state index in [0.29, 0.717) is 13.0 Å². The summed E-state index contributed by atoms with van der Waals surface area (Å²) in [6.07, 6.45) is 3.62. The molecule has 1 aliphatic heterocycles. The van der Waals surface area contributed by atoms with Gasteiger partial charge in [0.15, 0.2) is 0 Å². The lowest BCUT2D eigenvalue weighted by Gasteiger charge is -2.36. The summed E-state index contributed by atoms with van der Waals surface area (Å²) in [4.78, 5) is 37.1. The van der Waals surface area contributed by atoms with Crippen LogP contribution in [0.1, 0.15) is 39.5 Å². The quantitative estimate of drug-likeness (QED) is 0.736. The first kappa shape index (κ1) is 13.8. The van der Waals surface area contributed by atoms with E-state index in [2.05, 4.69) is 10.6 Å². The van der Waals surface area contributed by atoms with Crippen LogP contribution in [0.25, 0.3) is 0 Å². The van der Waals surface area contributed by atoms with E-state index in [1.807, 2.05) is 6.92 Å². The molecule has 0 aromatic rings. The average molecular weight is 267 g/mol. The van der Waals surface area contributed by atoms with Gasteiger partial charge in [-0.2, -0.15) is 0 Å². The molecular formula is C13H21N3O3. The lowest BCUT2D eigenvalue weighted by molar-refractivity contribution is -0.137. The van der Waals surface area contributed by atoms with Crippen LogP contribution in [0.5, 0.6) is 0 Å². The minimum Gasteiger partial charge on any atom is -0.355 e. The highest BCUT2D eigenvalue weighted by molar-refractivity contribution is 6.09. The molecule has 1 saturated carbocycles. The summed E-state index contributed by atoms with van der Waals surface area (Å²) in [5.41, 5.74) is -0.776. The maximum Gasteiger partial charge on any atom is 0.325 e. The van der Waals surface area contributed by atoms with Crippen LogP contribution in [-0.4, -0.2) is 41.4 Å². The van der Waals surface area contributed by atoms with Gasteiger partial charge in [0.2, 0.25) is 5.91 Å². The van der Waals surface area contributed by atoms with Crippen molar-refractivity contribution in [1.82, 2.24) is 15.5 Å². The van der Waals surface area contributed by atoms with Crippen molar-refractivity contribution in [3.8, 4) is 0 Å². The number of hydrogen-bond donors (Lipinski definition) is 2. The number of likely N-dealkylation sites (N-methyl/N-ethyl adjacent to an activating group) is 1. The number of urea groups is 1. The molecule has 106 valence electrons. The number of rotatable bonds is 3. The van der Waals surface area contributed by atoms with E-state index in [4.69, 9.17) is 0 Å². The van der Waals surface area contributed by atoms with Gasteiger partial charge < -0.3 is 10.6 Å². The number of carbonyl (C=O) groups excluding carboxylic acids is 3. The third kappa shape index (κ3) is 2.31. The fourth-order valence-electron chi connectivity index (χ4n) is 3.04. The van der Waals surface area contributed by atoms with Crippen molar-refractivity contribution in [2.75, 3.05) is 13.1 Å². The van der Waals surface area contributed by atoms with Gasteiger partial charge in [0, 0.05) is 6.54 Å². The van der Waals surface area contributed by atoms with E-state index in [-0.39, 0.29) is 24.3 Å². The van der Waals surface area contributed by atoms with Crippen molar-refractivity contribution in [2.24, 2.45) is 5.92 Å². The topological polar surface area (TPSA) is 78.5 Å².